The fourth-order valence-corrected chi connectivity index (χ4v) is 3.45. The number of nitrogens with zero attached hydrogens (tertiary/aromatic N) is 6. The van der Waals surface area contributed by atoms with Crippen molar-refractivity contribution in [2.45, 2.75) is 69.9 Å². The van der Waals surface area contributed by atoms with Crippen LogP contribution in [0.2, 0.25) is 0 Å². The SMILES string of the molecule is c1ncn(Cc2nc(C3CCC3)n(C3CCCCC3)n2)n1. The van der Waals surface area contributed by atoms with E-state index in [1.54, 1.807) is 17.3 Å². The third-order valence-corrected chi connectivity index (χ3v) is 4.86. The smallest absolute Gasteiger partial charge is 0.172 e. The van der Waals surface area contributed by atoms with Crippen LogP contribution >= 0.6 is 0 Å². The monoisotopic (exact) mass is 286 g/mol. The first-order valence-corrected chi connectivity index (χ1v) is 8.18. The van der Waals surface area contributed by atoms with Crippen LogP contribution in [-0.2, 0) is 6.54 Å². The Hall–Kier alpha value is -1.72. The predicted molar refractivity (Wildman–Crippen MR) is 77.9 cm³/mol. The van der Waals surface area contributed by atoms with E-state index in [-0.39, 0.29) is 0 Å². The minimum absolute atomic E-state index is 0.561. The Kier molecular flexibility index (Phi) is 3.45. The largest absolute Gasteiger partial charge is 0.246 e. The number of hydrogen-bond donors (Lipinski definition) is 0. The molecule has 2 heterocycles. The van der Waals surface area contributed by atoms with Crippen LogP contribution < -0.4 is 0 Å². The van der Waals surface area contributed by atoms with Gasteiger partial charge in [0.2, 0.25) is 0 Å². The maximum Gasteiger partial charge on any atom is 0.172 e. The summed E-state index contributed by atoms with van der Waals surface area (Å²) in [5, 5.41) is 8.99. The van der Waals surface area contributed by atoms with E-state index >= 15 is 0 Å². The first-order chi connectivity index (χ1) is 10.4. The first kappa shape index (κ1) is 13.0. The average molecular weight is 286 g/mol. The van der Waals surface area contributed by atoms with Gasteiger partial charge in [-0.05, 0) is 25.7 Å². The zero-order chi connectivity index (χ0) is 14.1. The Morgan fingerprint density at radius 1 is 1.05 bits per heavy atom. The lowest BCUT2D eigenvalue weighted by Crippen LogP contribution is -2.21. The van der Waals surface area contributed by atoms with Gasteiger partial charge in [0.05, 0.1) is 6.04 Å². The lowest BCUT2D eigenvalue weighted by Gasteiger charge is -2.29. The molecule has 0 saturated heterocycles. The molecule has 0 bridgehead atoms. The van der Waals surface area contributed by atoms with Crippen LogP contribution in [0.25, 0.3) is 0 Å². The zero-order valence-corrected chi connectivity index (χ0v) is 12.4. The topological polar surface area (TPSA) is 61.4 Å². The Morgan fingerprint density at radius 3 is 2.57 bits per heavy atom. The summed E-state index contributed by atoms with van der Waals surface area (Å²) in [7, 11) is 0. The predicted octanol–water partition coefficient (Wildman–Crippen LogP) is 2.69. The Labute approximate surface area is 124 Å². The van der Waals surface area contributed by atoms with Crippen LogP contribution in [0.15, 0.2) is 12.7 Å². The van der Waals surface area contributed by atoms with E-state index in [9.17, 15) is 0 Å². The van der Waals surface area contributed by atoms with Gasteiger partial charge < -0.3 is 0 Å². The normalized spacial score (nSPS) is 20.6. The minimum atomic E-state index is 0.561. The highest BCUT2D eigenvalue weighted by atomic mass is 15.4. The van der Waals surface area contributed by atoms with Gasteiger partial charge in [0.1, 0.15) is 25.0 Å². The van der Waals surface area contributed by atoms with Crippen molar-refractivity contribution in [3.05, 3.63) is 24.3 Å². The van der Waals surface area contributed by atoms with Gasteiger partial charge in [-0.25, -0.2) is 19.3 Å². The Morgan fingerprint density at radius 2 is 1.90 bits per heavy atom. The maximum atomic E-state index is 4.85. The molecule has 0 atom stereocenters. The van der Waals surface area contributed by atoms with Gasteiger partial charge in [0.25, 0.3) is 0 Å². The summed E-state index contributed by atoms with van der Waals surface area (Å²) in [6.45, 7) is 0.624. The number of aromatic nitrogens is 6. The molecule has 0 N–H and O–H groups in total. The van der Waals surface area contributed by atoms with Crippen molar-refractivity contribution >= 4 is 0 Å². The Bertz CT molecular complexity index is 577. The van der Waals surface area contributed by atoms with E-state index in [2.05, 4.69) is 14.8 Å². The third-order valence-electron chi connectivity index (χ3n) is 4.86. The lowest BCUT2D eigenvalue weighted by atomic mass is 9.84. The maximum absolute atomic E-state index is 4.85. The molecular weight excluding hydrogens is 264 g/mol. The van der Waals surface area contributed by atoms with Crippen molar-refractivity contribution in [1.82, 2.24) is 29.5 Å². The first-order valence-electron chi connectivity index (χ1n) is 8.18. The van der Waals surface area contributed by atoms with Crippen LogP contribution in [0.4, 0.5) is 0 Å². The summed E-state index contributed by atoms with van der Waals surface area (Å²) in [5.41, 5.74) is 0. The third kappa shape index (κ3) is 2.59. The molecule has 0 radical (unpaired) electrons. The van der Waals surface area contributed by atoms with Crippen molar-refractivity contribution in [2.75, 3.05) is 0 Å². The molecule has 2 saturated carbocycles. The molecule has 0 aromatic carbocycles. The van der Waals surface area contributed by atoms with Crippen molar-refractivity contribution in [3.8, 4) is 0 Å². The van der Waals surface area contributed by atoms with Crippen molar-refractivity contribution in [2.24, 2.45) is 0 Å². The second kappa shape index (κ2) is 5.58. The fraction of sp³-hybridized carbons (Fsp3) is 0.733. The van der Waals surface area contributed by atoms with Gasteiger partial charge >= 0.3 is 0 Å². The van der Waals surface area contributed by atoms with Gasteiger partial charge in [0.15, 0.2) is 5.82 Å². The summed E-state index contributed by atoms with van der Waals surface area (Å²) in [6, 6.07) is 0.561. The van der Waals surface area contributed by atoms with Gasteiger partial charge in [-0.15, -0.1) is 0 Å². The molecule has 112 valence electrons. The van der Waals surface area contributed by atoms with Crippen LogP contribution in [0.3, 0.4) is 0 Å². The lowest BCUT2D eigenvalue weighted by molar-refractivity contribution is 0.295. The molecule has 2 fully saturated rings. The van der Waals surface area contributed by atoms with Crippen LogP contribution in [0.5, 0.6) is 0 Å². The molecule has 0 aliphatic heterocycles. The molecule has 6 nitrogen and oxygen atoms in total. The minimum Gasteiger partial charge on any atom is -0.246 e. The van der Waals surface area contributed by atoms with Crippen molar-refractivity contribution in [1.29, 1.82) is 0 Å². The van der Waals surface area contributed by atoms with E-state index in [1.165, 1.54) is 57.2 Å². The van der Waals surface area contributed by atoms with E-state index in [0.29, 0.717) is 18.5 Å². The summed E-state index contributed by atoms with van der Waals surface area (Å²) in [4.78, 5) is 8.83. The molecule has 2 aromatic rings. The van der Waals surface area contributed by atoms with E-state index in [0.717, 1.165) is 5.82 Å². The average Bonchev–Trinajstić information content (AvgIpc) is 3.09. The van der Waals surface area contributed by atoms with Crippen LogP contribution in [0, 0.1) is 0 Å². The molecule has 0 amide bonds. The molecule has 2 aliphatic rings. The Balaban J connectivity index is 1.61. The molecule has 21 heavy (non-hydrogen) atoms. The highest BCUT2D eigenvalue weighted by Gasteiger charge is 2.29. The van der Waals surface area contributed by atoms with Gasteiger partial charge in [-0.3, -0.25) is 0 Å². The summed E-state index contributed by atoms with van der Waals surface area (Å²) >= 11 is 0. The van der Waals surface area contributed by atoms with E-state index in [4.69, 9.17) is 10.1 Å². The van der Waals surface area contributed by atoms with Crippen molar-refractivity contribution < 1.29 is 0 Å². The van der Waals surface area contributed by atoms with E-state index < -0.39 is 0 Å². The van der Waals surface area contributed by atoms with Crippen LogP contribution in [0.1, 0.15) is 75.0 Å². The molecule has 0 spiro atoms. The van der Waals surface area contributed by atoms with Gasteiger partial charge in [0, 0.05) is 5.92 Å². The summed E-state index contributed by atoms with van der Waals surface area (Å²) in [5.74, 6) is 2.74. The summed E-state index contributed by atoms with van der Waals surface area (Å²) in [6.07, 6.45) is 13.7. The highest BCUT2D eigenvalue weighted by Crippen LogP contribution is 2.38. The second-order valence-corrected chi connectivity index (χ2v) is 6.34. The molecule has 6 heteroatoms. The molecule has 4 rings (SSSR count). The number of hydrogen-bond acceptors (Lipinski definition) is 4. The van der Waals surface area contributed by atoms with Crippen molar-refractivity contribution in [3.63, 3.8) is 0 Å². The highest BCUT2D eigenvalue weighted by molar-refractivity contribution is 5.06. The van der Waals surface area contributed by atoms with E-state index in [1.807, 2.05) is 0 Å². The molecule has 2 aromatic heterocycles. The second-order valence-electron chi connectivity index (χ2n) is 6.34. The van der Waals surface area contributed by atoms with Gasteiger partial charge in [-0.1, -0.05) is 25.7 Å². The fourth-order valence-electron chi connectivity index (χ4n) is 3.45. The zero-order valence-electron chi connectivity index (χ0n) is 12.4. The quantitative estimate of drug-likeness (QED) is 0.867. The number of rotatable bonds is 4. The molecule has 2 aliphatic carbocycles. The molecule has 0 unspecified atom stereocenters. The van der Waals surface area contributed by atoms with Crippen LogP contribution in [-0.4, -0.2) is 29.5 Å². The van der Waals surface area contributed by atoms with Gasteiger partial charge in [-0.2, -0.15) is 10.2 Å². The summed E-state index contributed by atoms with van der Waals surface area (Å²) < 4.78 is 4.06. The molecular formula is C15H22N6. The standard InChI is InChI=1S/C15H22N6/c1-2-7-13(8-3-1)21-15(12-5-4-6-12)18-14(19-21)9-20-11-16-10-17-20/h10-13H,1-9H2.